The van der Waals surface area contributed by atoms with Gasteiger partial charge in [-0.2, -0.15) is 11.8 Å². The third kappa shape index (κ3) is 4.99. The highest BCUT2D eigenvalue weighted by Gasteiger charge is 2.41. The number of hydrogen-bond donors (Lipinski definition) is 1. The molecule has 0 bridgehead atoms. The van der Waals surface area contributed by atoms with E-state index in [2.05, 4.69) is 60.3 Å². The van der Waals surface area contributed by atoms with Crippen molar-refractivity contribution in [2.45, 2.75) is 32.2 Å². The lowest BCUT2D eigenvalue weighted by molar-refractivity contribution is 0.376. The fourth-order valence-electron chi connectivity index (χ4n) is 4.32. The van der Waals surface area contributed by atoms with E-state index in [9.17, 15) is 0 Å². The molecular weight excluding hydrogens is 398 g/mol. The van der Waals surface area contributed by atoms with Crippen LogP contribution in [0.15, 0.2) is 47.5 Å². The van der Waals surface area contributed by atoms with Crippen LogP contribution in [0.5, 0.6) is 0 Å². The first-order valence-corrected chi connectivity index (χ1v) is 12.0. The summed E-state index contributed by atoms with van der Waals surface area (Å²) in [5, 5.41) is 4.51. The molecule has 29 heavy (non-hydrogen) atoms. The molecule has 0 radical (unpaired) electrons. The summed E-state index contributed by atoms with van der Waals surface area (Å²) < 4.78 is 0. The summed E-state index contributed by atoms with van der Waals surface area (Å²) in [7, 11) is 4.27. The van der Waals surface area contributed by atoms with Crippen LogP contribution in [0, 0.1) is 5.41 Å². The van der Waals surface area contributed by atoms with Crippen molar-refractivity contribution in [3.8, 4) is 0 Å². The highest BCUT2D eigenvalue weighted by molar-refractivity contribution is 7.99. The number of halogens is 1. The van der Waals surface area contributed by atoms with Crippen molar-refractivity contribution in [2.75, 3.05) is 37.5 Å². The van der Waals surface area contributed by atoms with Crippen LogP contribution in [-0.2, 0) is 19.4 Å². The van der Waals surface area contributed by atoms with Gasteiger partial charge in [0.15, 0.2) is 0 Å². The van der Waals surface area contributed by atoms with Crippen molar-refractivity contribution in [2.24, 2.45) is 10.4 Å². The van der Waals surface area contributed by atoms with Crippen LogP contribution in [0.25, 0.3) is 0 Å². The van der Waals surface area contributed by atoms with Gasteiger partial charge < -0.3 is 10.2 Å². The number of nitrogens with one attached hydrogen (secondary N) is 1. The maximum absolute atomic E-state index is 6.17. The molecule has 1 N–H and O–H groups in total. The topological polar surface area (TPSA) is 27.6 Å². The van der Waals surface area contributed by atoms with Gasteiger partial charge in [0.05, 0.1) is 6.54 Å². The fraction of sp³-hybridized carbons (Fsp3) is 0.458. The van der Waals surface area contributed by atoms with Gasteiger partial charge in [-0.25, -0.2) is 0 Å². The molecule has 0 saturated carbocycles. The zero-order valence-electron chi connectivity index (χ0n) is 17.4. The molecule has 4 rings (SSSR count). The summed E-state index contributed by atoms with van der Waals surface area (Å²) in [6.45, 7) is 1.76. The van der Waals surface area contributed by atoms with E-state index in [1.165, 1.54) is 47.0 Å². The monoisotopic (exact) mass is 427 g/mol. The quantitative estimate of drug-likeness (QED) is 0.680. The highest BCUT2D eigenvalue weighted by Crippen LogP contribution is 2.44. The molecule has 2 aromatic rings. The number of benzene rings is 2. The molecule has 0 amide bonds. The number of hydrogen-bond acceptors (Lipinski definition) is 3. The minimum absolute atomic E-state index is 0.150. The SMILES string of the molecule is CN(C)CCc1ccc2c(c1)CC1(CCSCC1)C(=NCc1cccc(Cl)c1)N2. The second-order valence-corrected chi connectivity index (χ2v) is 10.2. The molecule has 3 nitrogen and oxygen atoms in total. The predicted octanol–water partition coefficient (Wildman–Crippen LogP) is 5.52. The van der Waals surface area contributed by atoms with E-state index in [4.69, 9.17) is 16.6 Å². The van der Waals surface area contributed by atoms with Crippen LogP contribution in [-0.4, -0.2) is 42.9 Å². The summed E-state index contributed by atoms with van der Waals surface area (Å²) >= 11 is 8.24. The van der Waals surface area contributed by atoms with Gasteiger partial charge in [-0.1, -0.05) is 35.9 Å². The number of thioether (sulfide) groups is 1. The second-order valence-electron chi connectivity index (χ2n) is 8.53. The van der Waals surface area contributed by atoms with E-state index in [1.807, 2.05) is 18.2 Å². The summed E-state index contributed by atoms with van der Waals surface area (Å²) in [6.07, 6.45) is 4.58. The number of nitrogens with zero attached hydrogens (tertiary/aromatic N) is 2. The van der Waals surface area contributed by atoms with Gasteiger partial charge in [0.25, 0.3) is 0 Å². The van der Waals surface area contributed by atoms with Gasteiger partial charge in [-0.15, -0.1) is 0 Å². The zero-order chi connectivity index (χ0) is 20.3. The van der Waals surface area contributed by atoms with Crippen molar-refractivity contribution >= 4 is 34.9 Å². The molecule has 0 aromatic heterocycles. The molecule has 5 heteroatoms. The Balaban J connectivity index is 1.61. The smallest absolute Gasteiger partial charge is 0.108 e. The Morgan fingerprint density at radius 1 is 1.10 bits per heavy atom. The maximum atomic E-state index is 6.17. The molecule has 1 spiro atoms. The van der Waals surface area contributed by atoms with Crippen molar-refractivity contribution < 1.29 is 0 Å². The fourth-order valence-corrected chi connectivity index (χ4v) is 5.81. The molecule has 2 aliphatic heterocycles. The summed E-state index contributed by atoms with van der Waals surface area (Å²) in [4.78, 5) is 7.33. The van der Waals surface area contributed by atoms with Crippen LogP contribution in [0.2, 0.25) is 5.02 Å². The third-order valence-electron chi connectivity index (χ3n) is 6.06. The molecule has 1 fully saturated rings. The van der Waals surface area contributed by atoms with Gasteiger partial charge in [-0.05, 0) is 86.2 Å². The minimum Gasteiger partial charge on any atom is -0.343 e. The van der Waals surface area contributed by atoms with Gasteiger partial charge in [-0.3, -0.25) is 4.99 Å². The molecule has 0 atom stereocenters. The lowest BCUT2D eigenvalue weighted by Gasteiger charge is -2.42. The second kappa shape index (κ2) is 9.11. The normalized spacial score (nSPS) is 19.4. The Hall–Kier alpha value is -1.49. The Kier molecular flexibility index (Phi) is 6.53. The number of amidine groups is 1. The van der Waals surface area contributed by atoms with Gasteiger partial charge in [0, 0.05) is 22.7 Å². The standard InChI is InChI=1S/C24H30ClN3S/c1-28(2)11-8-18-6-7-22-20(14-18)16-24(9-12-29-13-10-24)23(27-22)26-17-19-4-3-5-21(25)15-19/h3-7,14-15H,8-13,16-17H2,1-2H3,(H,26,27). The van der Waals surface area contributed by atoms with E-state index in [0.717, 1.165) is 30.0 Å². The first-order valence-electron chi connectivity index (χ1n) is 10.4. The lowest BCUT2D eigenvalue weighted by atomic mass is 9.72. The molecule has 2 heterocycles. The molecule has 2 aliphatic rings. The largest absolute Gasteiger partial charge is 0.343 e. The summed E-state index contributed by atoms with van der Waals surface area (Å²) in [5.74, 6) is 3.60. The first kappa shape index (κ1) is 20.8. The molecule has 2 aromatic carbocycles. The van der Waals surface area contributed by atoms with Crippen LogP contribution in [0.3, 0.4) is 0 Å². The number of fused-ring (bicyclic) bond motifs is 1. The predicted molar refractivity (Wildman–Crippen MR) is 128 cm³/mol. The van der Waals surface area contributed by atoms with Crippen LogP contribution >= 0.6 is 23.4 Å². The van der Waals surface area contributed by atoms with Gasteiger partial charge in [0.1, 0.15) is 5.84 Å². The molecule has 0 aliphatic carbocycles. The molecule has 154 valence electrons. The van der Waals surface area contributed by atoms with E-state index >= 15 is 0 Å². The molecule has 1 saturated heterocycles. The van der Waals surface area contributed by atoms with E-state index in [1.54, 1.807) is 0 Å². The Morgan fingerprint density at radius 2 is 1.93 bits per heavy atom. The molecule has 0 unspecified atom stereocenters. The maximum Gasteiger partial charge on any atom is 0.108 e. The van der Waals surface area contributed by atoms with Crippen molar-refractivity contribution in [1.82, 2.24) is 4.90 Å². The highest BCUT2D eigenvalue weighted by atomic mass is 35.5. The molecular formula is C24H30ClN3S. The number of rotatable bonds is 5. The average molecular weight is 428 g/mol. The number of anilines is 1. The van der Waals surface area contributed by atoms with Crippen LogP contribution < -0.4 is 5.32 Å². The van der Waals surface area contributed by atoms with Crippen molar-refractivity contribution in [1.29, 1.82) is 0 Å². The zero-order valence-corrected chi connectivity index (χ0v) is 19.0. The number of likely N-dealkylation sites (N-methyl/N-ethyl adjacent to an activating group) is 1. The Morgan fingerprint density at radius 3 is 2.69 bits per heavy atom. The summed E-state index contributed by atoms with van der Waals surface area (Å²) in [6, 6.07) is 15.0. The first-order chi connectivity index (χ1) is 14.0. The third-order valence-corrected chi connectivity index (χ3v) is 7.28. The Labute approximate surface area is 183 Å². The van der Waals surface area contributed by atoms with Gasteiger partial charge >= 0.3 is 0 Å². The van der Waals surface area contributed by atoms with Crippen LogP contribution in [0.1, 0.15) is 29.5 Å². The van der Waals surface area contributed by atoms with E-state index in [-0.39, 0.29) is 5.41 Å². The van der Waals surface area contributed by atoms with E-state index in [0.29, 0.717) is 6.54 Å². The summed E-state index contributed by atoms with van der Waals surface area (Å²) in [5.41, 5.74) is 5.43. The van der Waals surface area contributed by atoms with E-state index < -0.39 is 0 Å². The van der Waals surface area contributed by atoms with Crippen molar-refractivity contribution in [3.05, 3.63) is 64.2 Å². The van der Waals surface area contributed by atoms with Crippen LogP contribution in [0.4, 0.5) is 5.69 Å². The average Bonchev–Trinajstić information content (AvgIpc) is 2.71. The Bertz CT molecular complexity index is 887. The minimum atomic E-state index is 0.150. The lowest BCUT2D eigenvalue weighted by Crippen LogP contribution is -2.44. The van der Waals surface area contributed by atoms with Crippen molar-refractivity contribution in [3.63, 3.8) is 0 Å². The number of aliphatic imine (C=N–C) groups is 1. The van der Waals surface area contributed by atoms with Gasteiger partial charge in [0.2, 0.25) is 0 Å².